The van der Waals surface area contributed by atoms with E-state index in [9.17, 15) is 4.79 Å². The molecule has 2 fully saturated rings. The number of carbonyl (C=O) groups is 1. The molecule has 1 amide bonds. The van der Waals surface area contributed by atoms with Gasteiger partial charge < -0.3 is 10.0 Å². The summed E-state index contributed by atoms with van der Waals surface area (Å²) in [5.41, 5.74) is 2.14. The Labute approximate surface area is 149 Å². The van der Waals surface area contributed by atoms with E-state index in [1.807, 2.05) is 29.2 Å². The molecule has 0 aromatic heterocycles. The molecule has 5 nitrogen and oxygen atoms in total. The van der Waals surface area contributed by atoms with E-state index in [0.29, 0.717) is 24.9 Å². The number of aliphatic hydroxyl groups excluding tert-OH is 1. The Morgan fingerprint density at radius 1 is 1.20 bits per heavy atom. The molecule has 2 saturated heterocycles. The predicted octanol–water partition coefficient (Wildman–Crippen LogP) is 2.15. The summed E-state index contributed by atoms with van der Waals surface area (Å²) >= 11 is 0. The zero-order chi connectivity index (χ0) is 17.7. The molecule has 5 heteroatoms. The number of benzene rings is 1. The predicted molar refractivity (Wildman–Crippen MR) is 95.6 cm³/mol. The molecule has 0 aliphatic carbocycles. The van der Waals surface area contributed by atoms with Crippen molar-refractivity contribution < 1.29 is 9.90 Å². The highest BCUT2D eigenvalue weighted by molar-refractivity contribution is 5.77. The Balaban J connectivity index is 1.63. The van der Waals surface area contributed by atoms with Crippen LogP contribution in [0.4, 0.5) is 0 Å². The third-order valence-corrected chi connectivity index (χ3v) is 5.56. The van der Waals surface area contributed by atoms with Gasteiger partial charge in [0, 0.05) is 44.6 Å². The van der Waals surface area contributed by atoms with Gasteiger partial charge in [0.25, 0.3) is 0 Å². The summed E-state index contributed by atoms with van der Waals surface area (Å²) in [7, 11) is 0. The monoisotopic (exact) mass is 341 g/mol. The van der Waals surface area contributed by atoms with E-state index in [1.54, 1.807) is 0 Å². The summed E-state index contributed by atoms with van der Waals surface area (Å²) < 4.78 is 0. The molecular weight excluding hydrogens is 314 g/mol. The number of carbonyl (C=O) groups excluding carboxylic acids is 1. The zero-order valence-corrected chi connectivity index (χ0v) is 14.8. The van der Waals surface area contributed by atoms with E-state index < -0.39 is 0 Å². The van der Waals surface area contributed by atoms with Crippen LogP contribution in [-0.2, 0) is 11.3 Å². The smallest absolute Gasteiger partial charge is 0.222 e. The van der Waals surface area contributed by atoms with Crippen LogP contribution in [-0.4, -0.2) is 53.6 Å². The maximum Gasteiger partial charge on any atom is 0.222 e. The van der Waals surface area contributed by atoms with Gasteiger partial charge in [0.15, 0.2) is 0 Å². The molecule has 1 atom stereocenters. The number of piperidine rings is 2. The van der Waals surface area contributed by atoms with Crippen molar-refractivity contribution in [2.75, 3.05) is 32.8 Å². The lowest BCUT2D eigenvalue weighted by Gasteiger charge is -2.48. The second-order valence-electron chi connectivity index (χ2n) is 7.52. The van der Waals surface area contributed by atoms with E-state index in [0.717, 1.165) is 39.0 Å². The van der Waals surface area contributed by atoms with Gasteiger partial charge in [0.1, 0.15) is 0 Å². The molecule has 0 unspecified atom stereocenters. The standard InChI is InChI=1S/C20H27N3O2/c21-13-17-3-5-18(6-4-17)14-22-10-1-8-20(15-22)9-7-19(25)23(16-20)11-2-12-24/h3-6,24H,1-2,7-12,14-16H2/t20-/m0/s1. The van der Waals surface area contributed by atoms with Crippen LogP contribution >= 0.6 is 0 Å². The average Bonchev–Trinajstić information content (AvgIpc) is 2.64. The van der Waals surface area contributed by atoms with Crippen LogP contribution < -0.4 is 0 Å². The quantitative estimate of drug-likeness (QED) is 0.891. The van der Waals surface area contributed by atoms with Gasteiger partial charge in [0.05, 0.1) is 11.6 Å². The molecule has 1 aromatic rings. The minimum atomic E-state index is 0.140. The van der Waals surface area contributed by atoms with Crippen molar-refractivity contribution in [1.29, 1.82) is 5.26 Å². The zero-order valence-electron chi connectivity index (χ0n) is 14.8. The fourth-order valence-corrected chi connectivity index (χ4v) is 4.29. The number of aliphatic hydroxyl groups is 1. The molecule has 2 heterocycles. The van der Waals surface area contributed by atoms with E-state index in [-0.39, 0.29) is 17.9 Å². The Hall–Kier alpha value is -1.90. The maximum absolute atomic E-state index is 12.2. The third-order valence-electron chi connectivity index (χ3n) is 5.56. The first kappa shape index (κ1) is 17.9. The molecule has 0 bridgehead atoms. The first-order chi connectivity index (χ1) is 12.1. The van der Waals surface area contributed by atoms with Crippen molar-refractivity contribution in [3.05, 3.63) is 35.4 Å². The van der Waals surface area contributed by atoms with E-state index in [4.69, 9.17) is 10.4 Å². The molecule has 0 saturated carbocycles. The number of nitriles is 1. The Kier molecular flexibility index (Phi) is 5.72. The molecule has 1 N–H and O–H groups in total. The van der Waals surface area contributed by atoms with Gasteiger partial charge in [-0.3, -0.25) is 9.69 Å². The van der Waals surface area contributed by atoms with Gasteiger partial charge in [-0.1, -0.05) is 12.1 Å². The van der Waals surface area contributed by atoms with Gasteiger partial charge in [-0.25, -0.2) is 0 Å². The van der Waals surface area contributed by atoms with Gasteiger partial charge in [-0.15, -0.1) is 0 Å². The molecule has 0 radical (unpaired) electrons. The molecule has 3 rings (SSSR count). The highest BCUT2D eigenvalue weighted by Crippen LogP contribution is 2.39. The first-order valence-corrected chi connectivity index (χ1v) is 9.24. The molecule has 2 aliphatic rings. The van der Waals surface area contributed by atoms with Crippen molar-refractivity contribution in [1.82, 2.24) is 9.80 Å². The van der Waals surface area contributed by atoms with Gasteiger partial charge in [0.2, 0.25) is 5.91 Å². The highest BCUT2D eigenvalue weighted by Gasteiger charge is 2.41. The summed E-state index contributed by atoms with van der Waals surface area (Å²) in [4.78, 5) is 16.6. The second-order valence-corrected chi connectivity index (χ2v) is 7.52. The van der Waals surface area contributed by atoms with Crippen molar-refractivity contribution in [3.63, 3.8) is 0 Å². The Morgan fingerprint density at radius 3 is 2.72 bits per heavy atom. The maximum atomic E-state index is 12.2. The van der Waals surface area contributed by atoms with Crippen LogP contribution in [0.3, 0.4) is 0 Å². The van der Waals surface area contributed by atoms with Crippen molar-refractivity contribution in [2.45, 2.75) is 38.6 Å². The van der Waals surface area contributed by atoms with Crippen LogP contribution in [0.15, 0.2) is 24.3 Å². The highest BCUT2D eigenvalue weighted by atomic mass is 16.3. The molecule has 1 aromatic carbocycles. The lowest BCUT2D eigenvalue weighted by Crippen LogP contribution is -2.54. The van der Waals surface area contributed by atoms with E-state index >= 15 is 0 Å². The van der Waals surface area contributed by atoms with Crippen molar-refractivity contribution >= 4 is 5.91 Å². The largest absolute Gasteiger partial charge is 0.396 e. The van der Waals surface area contributed by atoms with E-state index in [2.05, 4.69) is 11.0 Å². The van der Waals surface area contributed by atoms with Crippen LogP contribution in [0.5, 0.6) is 0 Å². The molecule has 134 valence electrons. The number of nitrogens with zero attached hydrogens (tertiary/aromatic N) is 3. The van der Waals surface area contributed by atoms with Gasteiger partial charge >= 0.3 is 0 Å². The Morgan fingerprint density at radius 2 is 2.00 bits per heavy atom. The normalized spacial score (nSPS) is 24.5. The molecule has 2 aliphatic heterocycles. The minimum absolute atomic E-state index is 0.140. The minimum Gasteiger partial charge on any atom is -0.396 e. The Bertz CT molecular complexity index is 637. The van der Waals surface area contributed by atoms with Crippen LogP contribution in [0, 0.1) is 16.7 Å². The third kappa shape index (κ3) is 4.39. The first-order valence-electron chi connectivity index (χ1n) is 9.24. The number of rotatable bonds is 5. The topological polar surface area (TPSA) is 67.6 Å². The summed E-state index contributed by atoms with van der Waals surface area (Å²) in [6, 6.07) is 10.0. The summed E-state index contributed by atoms with van der Waals surface area (Å²) in [6.45, 7) is 4.66. The average molecular weight is 341 g/mol. The van der Waals surface area contributed by atoms with Crippen LogP contribution in [0.25, 0.3) is 0 Å². The number of likely N-dealkylation sites (tertiary alicyclic amines) is 2. The molecular formula is C20H27N3O2. The number of hydrogen-bond acceptors (Lipinski definition) is 4. The fourth-order valence-electron chi connectivity index (χ4n) is 4.29. The molecule has 25 heavy (non-hydrogen) atoms. The van der Waals surface area contributed by atoms with Crippen molar-refractivity contribution in [2.24, 2.45) is 5.41 Å². The van der Waals surface area contributed by atoms with Crippen molar-refractivity contribution in [3.8, 4) is 6.07 Å². The lowest BCUT2D eigenvalue weighted by atomic mass is 9.73. The summed E-state index contributed by atoms with van der Waals surface area (Å²) in [6.07, 6.45) is 4.62. The number of amides is 1. The van der Waals surface area contributed by atoms with Crippen LogP contribution in [0.2, 0.25) is 0 Å². The molecule has 1 spiro atoms. The van der Waals surface area contributed by atoms with E-state index in [1.165, 1.54) is 12.0 Å². The van der Waals surface area contributed by atoms with Gasteiger partial charge in [-0.2, -0.15) is 5.26 Å². The lowest BCUT2D eigenvalue weighted by molar-refractivity contribution is -0.139. The second kappa shape index (κ2) is 7.99. The van der Waals surface area contributed by atoms with Gasteiger partial charge in [-0.05, 0) is 49.9 Å². The summed E-state index contributed by atoms with van der Waals surface area (Å²) in [5.74, 6) is 0.239. The SMILES string of the molecule is N#Cc1ccc(CN2CCC[C@]3(CCC(=O)N(CCCO)C3)C2)cc1. The number of hydrogen-bond donors (Lipinski definition) is 1. The summed E-state index contributed by atoms with van der Waals surface area (Å²) in [5, 5.41) is 18.0. The fraction of sp³-hybridized carbons (Fsp3) is 0.600. The van der Waals surface area contributed by atoms with Crippen LogP contribution in [0.1, 0.15) is 43.2 Å².